The minimum absolute atomic E-state index is 0.393. The van der Waals surface area contributed by atoms with Crippen LogP contribution in [0.1, 0.15) is 11.1 Å². The number of rotatable bonds is 6. The maximum Gasteiger partial charge on any atom is 0.243 e. The van der Waals surface area contributed by atoms with Crippen LogP contribution in [0.25, 0.3) is 0 Å². The molecule has 1 saturated heterocycles. The molecule has 1 fully saturated rings. The molecular formula is C20H27N2O3S+. The Morgan fingerprint density at radius 3 is 2.19 bits per heavy atom. The molecule has 26 heavy (non-hydrogen) atoms. The minimum Gasteiger partial charge on any atom is -0.497 e. The number of nitrogens with one attached hydrogen (secondary N) is 1. The Kier molecular flexibility index (Phi) is 5.96. The van der Waals surface area contributed by atoms with Crippen LogP contribution in [0.4, 0.5) is 0 Å². The highest BCUT2D eigenvalue weighted by Crippen LogP contribution is 2.16. The highest BCUT2D eigenvalue weighted by atomic mass is 32.2. The predicted molar refractivity (Wildman–Crippen MR) is 102 cm³/mol. The first-order valence-electron chi connectivity index (χ1n) is 9.02. The second-order valence-corrected chi connectivity index (χ2v) is 8.75. The molecule has 2 aromatic carbocycles. The topological polar surface area (TPSA) is 51.1 Å². The Morgan fingerprint density at radius 1 is 1.00 bits per heavy atom. The summed E-state index contributed by atoms with van der Waals surface area (Å²) in [5.41, 5.74) is 2.35. The molecule has 0 amide bonds. The molecule has 1 aliphatic rings. The van der Waals surface area contributed by atoms with E-state index in [1.807, 2.05) is 31.2 Å². The molecule has 2 aromatic rings. The van der Waals surface area contributed by atoms with Crippen molar-refractivity contribution >= 4 is 10.0 Å². The molecule has 1 aliphatic heterocycles. The van der Waals surface area contributed by atoms with Crippen molar-refractivity contribution in [2.24, 2.45) is 0 Å². The highest BCUT2D eigenvalue weighted by Gasteiger charge is 2.30. The molecule has 1 N–H and O–H groups in total. The van der Waals surface area contributed by atoms with E-state index in [-0.39, 0.29) is 0 Å². The maximum absolute atomic E-state index is 12.7. The van der Waals surface area contributed by atoms with Gasteiger partial charge in [-0.25, -0.2) is 8.42 Å². The van der Waals surface area contributed by atoms with Crippen molar-refractivity contribution in [1.29, 1.82) is 0 Å². The van der Waals surface area contributed by atoms with Crippen molar-refractivity contribution < 1.29 is 18.1 Å². The summed E-state index contributed by atoms with van der Waals surface area (Å²) in [5, 5.41) is 0. The summed E-state index contributed by atoms with van der Waals surface area (Å²) in [7, 11) is -1.70. The van der Waals surface area contributed by atoms with Gasteiger partial charge in [0.25, 0.3) is 0 Å². The van der Waals surface area contributed by atoms with Gasteiger partial charge in [-0.3, -0.25) is 0 Å². The number of piperazine rings is 1. The summed E-state index contributed by atoms with van der Waals surface area (Å²) in [6, 6.07) is 15.3. The van der Waals surface area contributed by atoms with Gasteiger partial charge in [-0.15, -0.1) is 0 Å². The van der Waals surface area contributed by atoms with Crippen molar-refractivity contribution in [1.82, 2.24) is 4.31 Å². The predicted octanol–water partition coefficient (Wildman–Crippen LogP) is 1.14. The van der Waals surface area contributed by atoms with Gasteiger partial charge >= 0.3 is 0 Å². The van der Waals surface area contributed by atoms with Crippen molar-refractivity contribution in [2.75, 3.05) is 39.8 Å². The monoisotopic (exact) mass is 375 g/mol. The van der Waals surface area contributed by atoms with Gasteiger partial charge in [0.2, 0.25) is 10.0 Å². The van der Waals surface area contributed by atoms with Gasteiger partial charge in [0, 0.05) is 6.42 Å². The van der Waals surface area contributed by atoms with E-state index in [0.29, 0.717) is 18.0 Å². The number of methoxy groups -OCH3 is 1. The van der Waals surface area contributed by atoms with Gasteiger partial charge in [0.15, 0.2) is 0 Å². The van der Waals surface area contributed by atoms with Gasteiger partial charge in [0.1, 0.15) is 5.75 Å². The fraction of sp³-hybridized carbons (Fsp3) is 0.400. The van der Waals surface area contributed by atoms with Gasteiger partial charge < -0.3 is 9.64 Å². The summed E-state index contributed by atoms with van der Waals surface area (Å²) < 4.78 is 32.3. The number of quaternary nitrogens is 1. The average molecular weight is 376 g/mol. The van der Waals surface area contributed by atoms with Crippen LogP contribution < -0.4 is 9.64 Å². The number of sulfonamides is 1. The van der Waals surface area contributed by atoms with Crippen molar-refractivity contribution in [3.63, 3.8) is 0 Å². The normalized spacial score (nSPS) is 16.5. The highest BCUT2D eigenvalue weighted by molar-refractivity contribution is 7.89. The van der Waals surface area contributed by atoms with Gasteiger partial charge in [-0.1, -0.05) is 29.8 Å². The van der Waals surface area contributed by atoms with Crippen molar-refractivity contribution in [3.8, 4) is 5.75 Å². The molecule has 0 bridgehead atoms. The lowest BCUT2D eigenvalue weighted by atomic mass is 10.1. The van der Waals surface area contributed by atoms with Crippen molar-refractivity contribution in [3.05, 3.63) is 59.7 Å². The molecule has 0 atom stereocenters. The van der Waals surface area contributed by atoms with Crippen LogP contribution in [0.15, 0.2) is 53.4 Å². The van der Waals surface area contributed by atoms with Crippen LogP contribution in [0.5, 0.6) is 5.75 Å². The molecule has 0 saturated carbocycles. The Hall–Kier alpha value is -1.89. The Balaban J connectivity index is 1.52. The minimum atomic E-state index is -3.37. The van der Waals surface area contributed by atoms with Crippen LogP contribution in [0.3, 0.4) is 0 Å². The molecular weight excluding hydrogens is 348 g/mol. The molecule has 3 rings (SSSR count). The average Bonchev–Trinajstić information content (AvgIpc) is 2.67. The smallest absolute Gasteiger partial charge is 0.243 e. The van der Waals surface area contributed by atoms with E-state index < -0.39 is 10.0 Å². The van der Waals surface area contributed by atoms with Crippen molar-refractivity contribution in [2.45, 2.75) is 18.2 Å². The zero-order chi connectivity index (χ0) is 18.6. The summed E-state index contributed by atoms with van der Waals surface area (Å²) in [6.45, 7) is 5.83. The largest absolute Gasteiger partial charge is 0.497 e. The number of hydrogen-bond acceptors (Lipinski definition) is 3. The second-order valence-electron chi connectivity index (χ2n) is 6.82. The Bertz CT molecular complexity index is 809. The van der Waals surface area contributed by atoms with E-state index >= 15 is 0 Å². The molecule has 0 radical (unpaired) electrons. The molecule has 140 valence electrons. The first-order valence-corrected chi connectivity index (χ1v) is 10.5. The zero-order valence-corrected chi connectivity index (χ0v) is 16.3. The van der Waals surface area contributed by atoms with E-state index in [4.69, 9.17) is 4.74 Å². The SMILES string of the molecule is COc1ccc(CC[NH+]2CCN(S(=O)(=O)c3ccc(C)cc3)CC2)cc1. The number of benzene rings is 2. The molecule has 6 heteroatoms. The van der Waals surface area contributed by atoms with E-state index in [1.54, 1.807) is 23.5 Å². The molecule has 0 spiro atoms. The summed E-state index contributed by atoms with van der Waals surface area (Å²) in [6.07, 6.45) is 0.990. The quantitative estimate of drug-likeness (QED) is 0.824. The van der Waals surface area contributed by atoms with Crippen LogP contribution in [-0.2, 0) is 16.4 Å². The van der Waals surface area contributed by atoms with E-state index in [0.717, 1.165) is 37.4 Å². The first kappa shape index (κ1) is 18.9. The summed E-state index contributed by atoms with van der Waals surface area (Å²) in [5.74, 6) is 0.871. The summed E-state index contributed by atoms with van der Waals surface area (Å²) >= 11 is 0. The van der Waals surface area contributed by atoms with Crippen LogP contribution in [0, 0.1) is 6.92 Å². The maximum atomic E-state index is 12.7. The van der Waals surface area contributed by atoms with Gasteiger partial charge in [-0.2, -0.15) is 4.31 Å². The lowest BCUT2D eigenvalue weighted by Gasteiger charge is -2.31. The lowest BCUT2D eigenvalue weighted by molar-refractivity contribution is -0.903. The molecule has 0 aliphatic carbocycles. The molecule has 1 heterocycles. The first-order chi connectivity index (χ1) is 12.5. The van der Waals surface area contributed by atoms with Gasteiger partial charge in [-0.05, 0) is 36.8 Å². The number of hydrogen-bond donors (Lipinski definition) is 1. The fourth-order valence-corrected chi connectivity index (χ4v) is 4.71. The number of nitrogens with zero attached hydrogens (tertiary/aromatic N) is 1. The Labute approximate surface area is 156 Å². The van der Waals surface area contributed by atoms with Crippen LogP contribution in [0.2, 0.25) is 0 Å². The third-order valence-corrected chi connectivity index (χ3v) is 6.93. The summed E-state index contributed by atoms with van der Waals surface area (Å²) in [4.78, 5) is 1.85. The van der Waals surface area contributed by atoms with Crippen LogP contribution in [-0.4, -0.2) is 52.6 Å². The number of aryl methyl sites for hydroxylation is 1. The van der Waals surface area contributed by atoms with Crippen LogP contribution >= 0.6 is 0 Å². The fourth-order valence-electron chi connectivity index (χ4n) is 3.27. The van der Waals surface area contributed by atoms with E-state index in [2.05, 4.69) is 12.1 Å². The molecule has 0 aromatic heterocycles. The third-order valence-electron chi connectivity index (χ3n) is 5.01. The lowest BCUT2D eigenvalue weighted by Crippen LogP contribution is -3.15. The third kappa shape index (κ3) is 4.44. The van der Waals surface area contributed by atoms with E-state index in [1.165, 1.54) is 10.5 Å². The Morgan fingerprint density at radius 2 is 1.62 bits per heavy atom. The van der Waals surface area contributed by atoms with Gasteiger partial charge in [0.05, 0.1) is 44.7 Å². The molecule has 5 nitrogen and oxygen atoms in total. The standard InChI is InChI=1S/C20H26N2O3S/c1-17-3-9-20(10-4-17)26(23,24)22-15-13-21(14-16-22)12-11-18-5-7-19(25-2)8-6-18/h3-10H,11-16H2,1-2H3/p+1. The molecule has 0 unspecified atom stereocenters. The van der Waals surface area contributed by atoms with E-state index in [9.17, 15) is 8.42 Å². The zero-order valence-electron chi connectivity index (χ0n) is 15.4. The number of ether oxygens (including phenoxy) is 1. The second kappa shape index (κ2) is 8.20.